The molecular formula is C14H15ClN2O4. The molecule has 112 valence electrons. The van der Waals surface area contributed by atoms with Crippen LogP contribution in [-0.2, 0) is 14.3 Å². The largest absolute Gasteiger partial charge is 0.465 e. The quantitative estimate of drug-likeness (QED) is 0.809. The van der Waals surface area contributed by atoms with Crippen molar-refractivity contribution in [3.63, 3.8) is 0 Å². The van der Waals surface area contributed by atoms with E-state index in [1.807, 2.05) is 0 Å². The summed E-state index contributed by atoms with van der Waals surface area (Å²) >= 11 is 5.96. The minimum Gasteiger partial charge on any atom is -0.465 e. The van der Waals surface area contributed by atoms with Crippen LogP contribution in [0.5, 0.6) is 0 Å². The predicted octanol–water partition coefficient (Wildman–Crippen LogP) is 1.59. The third-order valence-corrected chi connectivity index (χ3v) is 3.36. The first kappa shape index (κ1) is 15.3. The molecule has 2 N–H and O–H groups in total. The molecule has 0 saturated heterocycles. The van der Waals surface area contributed by atoms with Gasteiger partial charge in [-0.2, -0.15) is 0 Å². The van der Waals surface area contributed by atoms with Crippen LogP contribution in [0.4, 0.5) is 5.69 Å². The lowest BCUT2D eigenvalue weighted by Gasteiger charge is -2.09. The van der Waals surface area contributed by atoms with Crippen LogP contribution in [0.25, 0.3) is 0 Å². The average Bonchev–Trinajstić information content (AvgIpc) is 3.31. The minimum absolute atomic E-state index is 0.0454. The molecule has 0 heterocycles. The van der Waals surface area contributed by atoms with Crippen LogP contribution in [0.2, 0.25) is 5.02 Å². The van der Waals surface area contributed by atoms with Crippen LogP contribution < -0.4 is 10.6 Å². The van der Waals surface area contributed by atoms with Gasteiger partial charge in [0, 0.05) is 5.92 Å². The number of hydrogen-bond donors (Lipinski definition) is 2. The molecule has 0 unspecified atom stereocenters. The first-order valence-electron chi connectivity index (χ1n) is 6.46. The molecule has 0 atom stereocenters. The van der Waals surface area contributed by atoms with E-state index in [1.54, 1.807) is 0 Å². The van der Waals surface area contributed by atoms with Crippen molar-refractivity contribution < 1.29 is 19.1 Å². The van der Waals surface area contributed by atoms with Gasteiger partial charge in [-0.1, -0.05) is 11.6 Å². The monoisotopic (exact) mass is 310 g/mol. The highest BCUT2D eigenvalue weighted by molar-refractivity contribution is 6.33. The van der Waals surface area contributed by atoms with Crippen molar-refractivity contribution >= 4 is 35.1 Å². The highest BCUT2D eigenvalue weighted by Gasteiger charge is 2.29. The van der Waals surface area contributed by atoms with E-state index in [2.05, 4.69) is 15.4 Å². The van der Waals surface area contributed by atoms with Gasteiger partial charge in [0.15, 0.2) is 0 Å². The molecule has 1 saturated carbocycles. The average molecular weight is 311 g/mol. The maximum atomic E-state index is 11.8. The van der Waals surface area contributed by atoms with Crippen molar-refractivity contribution in [1.29, 1.82) is 0 Å². The Morgan fingerprint density at radius 2 is 2.05 bits per heavy atom. The number of hydrogen-bond acceptors (Lipinski definition) is 4. The molecule has 1 aromatic rings. The van der Waals surface area contributed by atoms with Crippen molar-refractivity contribution in [1.82, 2.24) is 5.32 Å². The molecule has 2 rings (SSSR count). The van der Waals surface area contributed by atoms with E-state index in [0.29, 0.717) is 10.7 Å². The third-order valence-electron chi connectivity index (χ3n) is 3.03. The molecule has 0 aromatic heterocycles. The van der Waals surface area contributed by atoms with E-state index >= 15 is 0 Å². The van der Waals surface area contributed by atoms with Crippen molar-refractivity contribution in [2.75, 3.05) is 19.0 Å². The van der Waals surface area contributed by atoms with Crippen molar-refractivity contribution in [2.45, 2.75) is 12.8 Å². The van der Waals surface area contributed by atoms with Gasteiger partial charge < -0.3 is 15.4 Å². The molecule has 0 radical (unpaired) electrons. The summed E-state index contributed by atoms with van der Waals surface area (Å²) in [7, 11) is 1.27. The van der Waals surface area contributed by atoms with Gasteiger partial charge in [0.25, 0.3) is 0 Å². The van der Waals surface area contributed by atoms with Crippen LogP contribution >= 0.6 is 11.6 Å². The molecule has 2 amide bonds. The van der Waals surface area contributed by atoms with Crippen LogP contribution in [0.1, 0.15) is 23.2 Å². The third kappa shape index (κ3) is 4.19. The number of carbonyl (C=O) groups excluding carboxylic acids is 3. The summed E-state index contributed by atoms with van der Waals surface area (Å²) in [6.07, 6.45) is 1.75. The summed E-state index contributed by atoms with van der Waals surface area (Å²) in [5.41, 5.74) is 0.574. The number of rotatable bonds is 5. The van der Waals surface area contributed by atoms with Crippen LogP contribution in [0, 0.1) is 5.92 Å². The molecule has 1 fully saturated rings. The first-order valence-corrected chi connectivity index (χ1v) is 6.84. The van der Waals surface area contributed by atoms with Crippen molar-refractivity contribution in [3.8, 4) is 0 Å². The molecule has 1 aliphatic rings. The fraction of sp³-hybridized carbons (Fsp3) is 0.357. The first-order chi connectivity index (χ1) is 10.0. The van der Waals surface area contributed by atoms with Crippen LogP contribution in [0.3, 0.4) is 0 Å². The molecule has 7 heteroatoms. The maximum Gasteiger partial charge on any atom is 0.337 e. The van der Waals surface area contributed by atoms with Gasteiger partial charge in [0.05, 0.1) is 29.9 Å². The topological polar surface area (TPSA) is 84.5 Å². The molecule has 0 bridgehead atoms. The Labute approximate surface area is 126 Å². The van der Waals surface area contributed by atoms with Gasteiger partial charge in [-0.05, 0) is 31.0 Å². The Morgan fingerprint density at radius 3 is 2.67 bits per heavy atom. The van der Waals surface area contributed by atoms with Gasteiger partial charge in [-0.25, -0.2) is 4.79 Å². The summed E-state index contributed by atoms with van der Waals surface area (Å²) in [6.45, 7) is -0.131. The molecule has 0 spiro atoms. The highest BCUT2D eigenvalue weighted by atomic mass is 35.5. The number of anilines is 1. The van der Waals surface area contributed by atoms with Crippen molar-refractivity contribution in [2.24, 2.45) is 5.92 Å². The maximum absolute atomic E-state index is 11.8. The Kier molecular flexibility index (Phi) is 4.80. The number of carbonyl (C=O) groups is 3. The Bertz CT molecular complexity index is 584. The molecule has 1 aliphatic carbocycles. The fourth-order valence-corrected chi connectivity index (χ4v) is 1.88. The van der Waals surface area contributed by atoms with Crippen LogP contribution in [0.15, 0.2) is 18.2 Å². The zero-order valence-electron chi connectivity index (χ0n) is 11.4. The predicted molar refractivity (Wildman–Crippen MR) is 77.2 cm³/mol. The van der Waals surface area contributed by atoms with E-state index in [0.717, 1.165) is 12.8 Å². The number of benzene rings is 1. The zero-order valence-corrected chi connectivity index (χ0v) is 12.2. The van der Waals surface area contributed by atoms with Gasteiger partial charge in [0.1, 0.15) is 0 Å². The summed E-state index contributed by atoms with van der Waals surface area (Å²) in [5, 5.41) is 5.39. The van der Waals surface area contributed by atoms with Gasteiger partial charge in [0.2, 0.25) is 11.8 Å². The van der Waals surface area contributed by atoms with E-state index in [-0.39, 0.29) is 23.9 Å². The Hall–Kier alpha value is -2.08. The van der Waals surface area contributed by atoms with E-state index in [1.165, 1.54) is 25.3 Å². The molecule has 21 heavy (non-hydrogen) atoms. The SMILES string of the molecule is COC(=O)c1ccc(Cl)c(NC(=O)CNC(=O)C2CC2)c1. The lowest BCUT2D eigenvalue weighted by atomic mass is 10.2. The van der Waals surface area contributed by atoms with Gasteiger partial charge in [-0.15, -0.1) is 0 Å². The van der Waals surface area contributed by atoms with E-state index < -0.39 is 11.9 Å². The van der Waals surface area contributed by atoms with Crippen LogP contribution in [-0.4, -0.2) is 31.4 Å². The Balaban J connectivity index is 1.95. The smallest absolute Gasteiger partial charge is 0.337 e. The number of halogens is 1. The van der Waals surface area contributed by atoms with Crippen molar-refractivity contribution in [3.05, 3.63) is 28.8 Å². The number of nitrogens with one attached hydrogen (secondary N) is 2. The standard InChI is InChI=1S/C14H15ClN2O4/c1-21-14(20)9-4-5-10(15)11(6-9)17-12(18)7-16-13(19)8-2-3-8/h4-6,8H,2-3,7H2,1H3,(H,16,19)(H,17,18). The zero-order chi connectivity index (χ0) is 15.4. The lowest BCUT2D eigenvalue weighted by Crippen LogP contribution is -2.33. The number of amides is 2. The summed E-state index contributed by atoms with van der Waals surface area (Å²) < 4.78 is 4.60. The summed E-state index contributed by atoms with van der Waals surface area (Å²) in [4.78, 5) is 34.6. The fourth-order valence-electron chi connectivity index (χ4n) is 1.72. The molecule has 6 nitrogen and oxygen atoms in total. The van der Waals surface area contributed by atoms with E-state index in [9.17, 15) is 14.4 Å². The second kappa shape index (κ2) is 6.58. The van der Waals surface area contributed by atoms with Gasteiger partial charge in [-0.3, -0.25) is 9.59 Å². The highest BCUT2D eigenvalue weighted by Crippen LogP contribution is 2.28. The minimum atomic E-state index is -0.524. The lowest BCUT2D eigenvalue weighted by molar-refractivity contribution is -0.125. The number of methoxy groups -OCH3 is 1. The van der Waals surface area contributed by atoms with E-state index in [4.69, 9.17) is 11.6 Å². The molecule has 0 aliphatic heterocycles. The Morgan fingerprint density at radius 1 is 1.33 bits per heavy atom. The molecule has 1 aromatic carbocycles. The molecular weight excluding hydrogens is 296 g/mol. The van der Waals surface area contributed by atoms with Gasteiger partial charge >= 0.3 is 5.97 Å². The normalized spacial score (nSPS) is 13.4. The summed E-state index contributed by atoms with van der Waals surface area (Å²) in [6, 6.07) is 4.42. The number of ether oxygens (including phenoxy) is 1. The second-order valence-corrected chi connectivity index (χ2v) is 5.13. The summed E-state index contributed by atoms with van der Waals surface area (Å²) in [5.74, 6) is -0.999. The number of esters is 1. The second-order valence-electron chi connectivity index (χ2n) is 4.73.